The number of nitrogens with zero attached hydrogens (tertiary/aromatic N) is 1. The van der Waals surface area contributed by atoms with Gasteiger partial charge in [-0.05, 0) is 13.5 Å². The number of likely N-dealkylation sites (N-methyl/N-ethyl adjacent to an activating group) is 1. The molecule has 0 aromatic rings. The summed E-state index contributed by atoms with van der Waals surface area (Å²) in [5.41, 5.74) is 0. The van der Waals surface area contributed by atoms with Crippen molar-refractivity contribution in [3.8, 4) is 0 Å². The van der Waals surface area contributed by atoms with Crippen molar-refractivity contribution in [3.63, 3.8) is 0 Å². The van der Waals surface area contributed by atoms with Gasteiger partial charge in [-0.3, -0.25) is 0 Å². The summed E-state index contributed by atoms with van der Waals surface area (Å²) in [6.07, 6.45) is 1.85. The van der Waals surface area contributed by atoms with Crippen molar-refractivity contribution < 1.29 is 19.1 Å². The zero-order valence-electron chi connectivity index (χ0n) is 10.2. The summed E-state index contributed by atoms with van der Waals surface area (Å²) in [5.74, 6) is 0. The van der Waals surface area contributed by atoms with E-state index in [9.17, 15) is 9.59 Å². The summed E-state index contributed by atoms with van der Waals surface area (Å²) in [7, 11) is 1.89. The molecule has 0 aromatic carbocycles. The van der Waals surface area contributed by atoms with Crippen molar-refractivity contribution in [1.82, 2.24) is 10.2 Å². The monoisotopic (exact) mass is 244 g/mol. The van der Waals surface area contributed by atoms with Crippen LogP contribution in [-0.4, -0.2) is 63.3 Å². The maximum atomic E-state index is 11.6. The molecule has 0 aromatic heterocycles. The number of rotatable bonds is 7. The molecular weight excluding hydrogens is 224 g/mol. The molecule has 1 amide bonds. The van der Waals surface area contributed by atoms with E-state index in [2.05, 4.69) is 5.32 Å². The molecule has 0 bridgehead atoms. The Hall–Kier alpha value is -1.14. The van der Waals surface area contributed by atoms with Gasteiger partial charge in [-0.1, -0.05) is 0 Å². The van der Waals surface area contributed by atoms with Crippen LogP contribution in [0.1, 0.15) is 12.8 Å². The van der Waals surface area contributed by atoms with Crippen LogP contribution in [0.4, 0.5) is 4.79 Å². The smallest absolute Gasteiger partial charge is 0.409 e. The maximum absolute atomic E-state index is 11.6. The predicted octanol–water partition coefficient (Wildman–Crippen LogP) is 0.0223. The highest BCUT2D eigenvalue weighted by Gasteiger charge is 2.25. The molecule has 0 radical (unpaired) electrons. The zero-order valence-corrected chi connectivity index (χ0v) is 10.2. The third-order valence-corrected chi connectivity index (χ3v) is 2.69. The average molecular weight is 244 g/mol. The van der Waals surface area contributed by atoms with Crippen LogP contribution in [0.5, 0.6) is 0 Å². The first-order valence-electron chi connectivity index (χ1n) is 5.88. The lowest BCUT2D eigenvalue weighted by atomic mass is 10.3. The number of hydrogen-bond acceptors (Lipinski definition) is 5. The standard InChI is InChI=1S/C11H20N2O4/c1-12-10-3-4-13(9-10)11(15)17-8-7-16-6-2-5-14/h5,10,12H,2-4,6-9H2,1H3. The molecule has 0 saturated carbocycles. The minimum absolute atomic E-state index is 0.235. The molecular formula is C11H20N2O4. The molecule has 6 nitrogen and oxygen atoms in total. The highest BCUT2D eigenvalue weighted by atomic mass is 16.6. The third kappa shape index (κ3) is 5.14. The van der Waals surface area contributed by atoms with Crippen LogP contribution in [0.2, 0.25) is 0 Å². The lowest BCUT2D eigenvalue weighted by molar-refractivity contribution is -0.108. The molecule has 0 spiro atoms. The van der Waals surface area contributed by atoms with Gasteiger partial charge in [0.1, 0.15) is 12.9 Å². The molecule has 1 heterocycles. The van der Waals surface area contributed by atoms with Crippen LogP contribution in [-0.2, 0) is 14.3 Å². The van der Waals surface area contributed by atoms with E-state index in [1.165, 1.54) is 0 Å². The molecule has 1 aliphatic heterocycles. The molecule has 17 heavy (non-hydrogen) atoms. The van der Waals surface area contributed by atoms with Crippen molar-refractivity contribution in [1.29, 1.82) is 0 Å². The van der Waals surface area contributed by atoms with E-state index in [1.54, 1.807) is 4.90 Å². The Bertz CT molecular complexity index is 248. The average Bonchev–Trinajstić information content (AvgIpc) is 2.82. The van der Waals surface area contributed by atoms with E-state index in [0.717, 1.165) is 19.3 Å². The van der Waals surface area contributed by atoms with E-state index in [4.69, 9.17) is 9.47 Å². The van der Waals surface area contributed by atoms with Crippen molar-refractivity contribution in [3.05, 3.63) is 0 Å². The fourth-order valence-corrected chi connectivity index (χ4v) is 1.67. The Morgan fingerprint density at radius 1 is 1.47 bits per heavy atom. The Morgan fingerprint density at radius 2 is 2.29 bits per heavy atom. The minimum atomic E-state index is -0.290. The number of hydrogen-bond donors (Lipinski definition) is 1. The second-order valence-corrected chi connectivity index (χ2v) is 3.90. The van der Waals surface area contributed by atoms with Crippen LogP contribution in [0.3, 0.4) is 0 Å². The molecule has 98 valence electrons. The van der Waals surface area contributed by atoms with Crippen LogP contribution >= 0.6 is 0 Å². The number of amides is 1. The molecule has 1 rings (SSSR count). The molecule has 1 unspecified atom stereocenters. The SMILES string of the molecule is CNC1CCN(C(=O)OCCOCCC=O)C1. The van der Waals surface area contributed by atoms with Gasteiger partial charge in [0.05, 0.1) is 13.2 Å². The van der Waals surface area contributed by atoms with E-state index >= 15 is 0 Å². The van der Waals surface area contributed by atoms with E-state index < -0.39 is 0 Å². The summed E-state index contributed by atoms with van der Waals surface area (Å²) < 4.78 is 10.1. The number of carbonyl (C=O) groups excluding carboxylic acids is 2. The van der Waals surface area contributed by atoms with Crippen molar-refractivity contribution in [2.75, 3.05) is 40.0 Å². The molecule has 1 atom stereocenters. The second-order valence-electron chi connectivity index (χ2n) is 3.90. The Balaban J connectivity index is 2.03. The van der Waals surface area contributed by atoms with Gasteiger partial charge in [-0.15, -0.1) is 0 Å². The first kappa shape index (κ1) is 13.9. The number of aldehydes is 1. The summed E-state index contributed by atoms with van der Waals surface area (Å²) in [6, 6.07) is 0.367. The van der Waals surface area contributed by atoms with Crippen LogP contribution < -0.4 is 5.32 Å². The summed E-state index contributed by atoms with van der Waals surface area (Å²) in [6.45, 7) is 2.38. The second kappa shape index (κ2) is 8.03. The lowest BCUT2D eigenvalue weighted by Gasteiger charge is -2.16. The fourth-order valence-electron chi connectivity index (χ4n) is 1.67. The van der Waals surface area contributed by atoms with Gasteiger partial charge in [0, 0.05) is 25.6 Å². The van der Waals surface area contributed by atoms with Crippen molar-refractivity contribution >= 4 is 12.4 Å². The van der Waals surface area contributed by atoms with E-state index in [0.29, 0.717) is 32.2 Å². The first-order chi connectivity index (χ1) is 8.27. The Kier molecular flexibility index (Phi) is 6.57. The molecule has 0 aliphatic carbocycles. The largest absolute Gasteiger partial charge is 0.447 e. The van der Waals surface area contributed by atoms with E-state index in [1.807, 2.05) is 7.05 Å². The quantitative estimate of drug-likeness (QED) is 0.505. The summed E-state index contributed by atoms with van der Waals surface area (Å²) in [4.78, 5) is 23.2. The fraction of sp³-hybridized carbons (Fsp3) is 0.818. The highest BCUT2D eigenvalue weighted by molar-refractivity contribution is 5.68. The van der Waals surface area contributed by atoms with Crippen LogP contribution in [0.25, 0.3) is 0 Å². The first-order valence-corrected chi connectivity index (χ1v) is 5.88. The Labute approximate surface area is 101 Å². The summed E-state index contributed by atoms with van der Waals surface area (Å²) >= 11 is 0. The van der Waals surface area contributed by atoms with Gasteiger partial charge >= 0.3 is 6.09 Å². The van der Waals surface area contributed by atoms with Gasteiger partial charge in [-0.2, -0.15) is 0 Å². The van der Waals surface area contributed by atoms with Crippen molar-refractivity contribution in [2.45, 2.75) is 18.9 Å². The van der Waals surface area contributed by atoms with Gasteiger partial charge < -0.3 is 24.5 Å². The highest BCUT2D eigenvalue weighted by Crippen LogP contribution is 2.09. The van der Waals surface area contributed by atoms with Gasteiger partial charge in [0.2, 0.25) is 0 Å². The van der Waals surface area contributed by atoms with Crippen LogP contribution in [0.15, 0.2) is 0 Å². The number of nitrogens with one attached hydrogen (secondary N) is 1. The van der Waals surface area contributed by atoms with E-state index in [-0.39, 0.29) is 12.7 Å². The lowest BCUT2D eigenvalue weighted by Crippen LogP contribution is -2.34. The van der Waals surface area contributed by atoms with Gasteiger partial charge in [0.25, 0.3) is 0 Å². The van der Waals surface area contributed by atoms with Crippen LogP contribution in [0, 0.1) is 0 Å². The van der Waals surface area contributed by atoms with Crippen molar-refractivity contribution in [2.24, 2.45) is 0 Å². The molecule has 1 fully saturated rings. The summed E-state index contributed by atoms with van der Waals surface area (Å²) in [5, 5.41) is 3.13. The molecule has 1 saturated heterocycles. The minimum Gasteiger partial charge on any atom is -0.447 e. The maximum Gasteiger partial charge on any atom is 0.409 e. The normalized spacial score (nSPS) is 19.4. The topological polar surface area (TPSA) is 67.9 Å². The zero-order chi connectivity index (χ0) is 12.5. The van der Waals surface area contributed by atoms with Gasteiger partial charge in [-0.25, -0.2) is 4.79 Å². The third-order valence-electron chi connectivity index (χ3n) is 2.69. The molecule has 1 N–H and O–H groups in total. The predicted molar refractivity (Wildman–Crippen MR) is 61.9 cm³/mol. The number of carbonyl (C=O) groups is 2. The number of likely N-dealkylation sites (tertiary alicyclic amines) is 1. The number of ether oxygens (including phenoxy) is 2. The molecule has 1 aliphatic rings. The van der Waals surface area contributed by atoms with Gasteiger partial charge in [0.15, 0.2) is 0 Å². The molecule has 6 heteroatoms. The Morgan fingerprint density at radius 3 is 2.94 bits per heavy atom.